The maximum atomic E-state index is 12.3. The van der Waals surface area contributed by atoms with Crippen LogP contribution in [0, 0.1) is 10.1 Å². The van der Waals surface area contributed by atoms with Crippen LogP contribution in [-0.4, -0.2) is 49.0 Å². The number of hydrogen-bond acceptors (Lipinski definition) is 5. The predicted molar refractivity (Wildman–Crippen MR) is 105 cm³/mol. The predicted octanol–water partition coefficient (Wildman–Crippen LogP) is 2.93. The molecule has 142 valence electrons. The van der Waals surface area contributed by atoms with Crippen LogP contribution >= 0.6 is 11.6 Å². The number of nitro groups is 1. The minimum absolute atomic E-state index is 0.0102. The third-order valence-corrected chi connectivity index (χ3v) is 4.98. The van der Waals surface area contributed by atoms with Gasteiger partial charge in [0.2, 0.25) is 0 Å². The third kappa shape index (κ3) is 4.75. The van der Waals surface area contributed by atoms with Crippen LogP contribution in [0.25, 0.3) is 0 Å². The van der Waals surface area contributed by atoms with Gasteiger partial charge in [-0.2, -0.15) is 0 Å². The van der Waals surface area contributed by atoms with E-state index in [0.29, 0.717) is 6.54 Å². The van der Waals surface area contributed by atoms with Crippen LogP contribution < -0.4 is 10.2 Å². The second-order valence-electron chi connectivity index (χ2n) is 6.56. The van der Waals surface area contributed by atoms with Gasteiger partial charge in [0.15, 0.2) is 0 Å². The minimum atomic E-state index is -0.601. The number of halogens is 1. The van der Waals surface area contributed by atoms with Crippen molar-refractivity contribution in [2.75, 3.05) is 38.1 Å². The van der Waals surface area contributed by atoms with Crippen molar-refractivity contribution < 1.29 is 9.72 Å². The van der Waals surface area contributed by atoms with Gasteiger partial charge in [0.25, 0.3) is 11.6 Å². The van der Waals surface area contributed by atoms with Crippen molar-refractivity contribution in [2.24, 2.45) is 0 Å². The Morgan fingerprint density at radius 3 is 2.44 bits per heavy atom. The smallest absolute Gasteiger partial charge is 0.288 e. The lowest BCUT2D eigenvalue weighted by Crippen LogP contribution is -2.44. The molecule has 0 radical (unpaired) electrons. The van der Waals surface area contributed by atoms with Gasteiger partial charge in [-0.05, 0) is 36.9 Å². The Morgan fingerprint density at radius 2 is 1.81 bits per heavy atom. The summed E-state index contributed by atoms with van der Waals surface area (Å²) in [6, 6.07) is 12.1. The molecule has 1 fully saturated rings. The Labute approximate surface area is 162 Å². The molecule has 0 bridgehead atoms. The highest BCUT2D eigenvalue weighted by molar-refractivity contribution is 6.32. The van der Waals surface area contributed by atoms with Crippen LogP contribution in [0.15, 0.2) is 42.5 Å². The zero-order valence-corrected chi connectivity index (χ0v) is 15.8. The molecule has 0 atom stereocenters. The number of carbonyl (C=O) groups excluding carboxylic acids is 1. The normalized spacial score (nSPS) is 14.8. The Bertz CT molecular complexity index is 833. The molecule has 3 rings (SSSR count). The van der Waals surface area contributed by atoms with Crippen molar-refractivity contribution in [1.29, 1.82) is 0 Å². The highest BCUT2D eigenvalue weighted by Gasteiger charge is 2.16. The molecule has 0 aliphatic carbocycles. The van der Waals surface area contributed by atoms with Crippen LogP contribution in [0.2, 0.25) is 5.02 Å². The number of nitrogens with one attached hydrogen (secondary N) is 1. The van der Waals surface area contributed by atoms with E-state index in [2.05, 4.69) is 34.3 Å². The number of hydrogen-bond donors (Lipinski definition) is 1. The number of amides is 1. The van der Waals surface area contributed by atoms with E-state index in [1.54, 1.807) is 0 Å². The lowest BCUT2D eigenvalue weighted by Gasteiger charge is -2.34. The lowest BCUT2D eigenvalue weighted by molar-refractivity contribution is -0.384. The van der Waals surface area contributed by atoms with Gasteiger partial charge in [-0.15, -0.1) is 0 Å². The van der Waals surface area contributed by atoms with Crippen LogP contribution in [0.1, 0.15) is 15.9 Å². The fraction of sp³-hybridized carbons (Fsp3) is 0.316. The molecular formula is C19H21ClN4O3. The second kappa shape index (κ2) is 8.37. The Kier molecular flexibility index (Phi) is 5.93. The fourth-order valence-electron chi connectivity index (χ4n) is 2.97. The summed E-state index contributed by atoms with van der Waals surface area (Å²) in [7, 11) is 2.12. The van der Waals surface area contributed by atoms with Gasteiger partial charge < -0.3 is 15.1 Å². The first-order valence-electron chi connectivity index (χ1n) is 8.68. The van der Waals surface area contributed by atoms with Gasteiger partial charge in [0.1, 0.15) is 5.02 Å². The fourth-order valence-corrected chi connectivity index (χ4v) is 3.15. The van der Waals surface area contributed by atoms with E-state index < -0.39 is 4.92 Å². The number of piperazine rings is 1. The topological polar surface area (TPSA) is 78.7 Å². The number of benzene rings is 2. The van der Waals surface area contributed by atoms with Crippen LogP contribution in [0.5, 0.6) is 0 Å². The van der Waals surface area contributed by atoms with E-state index in [1.807, 2.05) is 12.1 Å². The Hall–Kier alpha value is -2.64. The highest BCUT2D eigenvalue weighted by atomic mass is 35.5. The summed E-state index contributed by atoms with van der Waals surface area (Å²) in [6.45, 7) is 4.44. The first kappa shape index (κ1) is 19.1. The highest BCUT2D eigenvalue weighted by Crippen LogP contribution is 2.25. The summed E-state index contributed by atoms with van der Waals surface area (Å²) >= 11 is 5.78. The quantitative estimate of drug-likeness (QED) is 0.629. The van der Waals surface area contributed by atoms with Gasteiger partial charge in [0, 0.05) is 50.0 Å². The van der Waals surface area contributed by atoms with Gasteiger partial charge in [-0.3, -0.25) is 14.9 Å². The summed E-state index contributed by atoms with van der Waals surface area (Å²) in [5, 5.41) is 13.7. The van der Waals surface area contributed by atoms with Gasteiger partial charge >= 0.3 is 0 Å². The van der Waals surface area contributed by atoms with Gasteiger partial charge in [0.05, 0.1) is 4.92 Å². The number of carbonyl (C=O) groups is 1. The molecule has 0 spiro atoms. The Morgan fingerprint density at radius 1 is 1.15 bits per heavy atom. The maximum absolute atomic E-state index is 12.3. The van der Waals surface area contributed by atoms with Crippen LogP contribution in [0.4, 0.5) is 11.4 Å². The number of likely N-dealkylation sites (N-methyl/N-ethyl adjacent to an activating group) is 1. The van der Waals surface area contributed by atoms with E-state index in [9.17, 15) is 14.9 Å². The maximum Gasteiger partial charge on any atom is 0.288 e. The van der Waals surface area contributed by atoms with Crippen molar-refractivity contribution >= 4 is 28.9 Å². The number of rotatable bonds is 5. The molecule has 0 unspecified atom stereocenters. The first-order chi connectivity index (χ1) is 12.9. The SMILES string of the molecule is CN1CCN(c2ccc(CNC(=O)c3ccc(Cl)c([N+](=O)[O-])c3)cc2)CC1. The van der Waals surface area contributed by atoms with Gasteiger partial charge in [-0.1, -0.05) is 23.7 Å². The number of nitrogens with zero attached hydrogens (tertiary/aromatic N) is 3. The standard InChI is InChI=1S/C19H21ClN4O3/c1-22-8-10-23(11-9-22)16-5-2-14(3-6-16)13-21-19(25)15-4-7-17(20)18(12-15)24(26)27/h2-7,12H,8-11,13H2,1H3,(H,21,25). The van der Waals surface area contributed by atoms with Crippen LogP contribution in [-0.2, 0) is 6.54 Å². The van der Waals surface area contributed by atoms with E-state index in [-0.39, 0.29) is 22.2 Å². The molecule has 2 aromatic carbocycles. The van der Waals surface area contributed by atoms with E-state index in [1.165, 1.54) is 23.9 Å². The van der Waals surface area contributed by atoms with E-state index in [4.69, 9.17) is 11.6 Å². The molecular weight excluding hydrogens is 368 g/mol. The molecule has 27 heavy (non-hydrogen) atoms. The molecule has 1 heterocycles. The summed E-state index contributed by atoms with van der Waals surface area (Å²) in [5.74, 6) is -0.377. The number of nitro benzene ring substituents is 1. The van der Waals surface area contributed by atoms with Crippen molar-refractivity contribution in [3.8, 4) is 0 Å². The molecule has 1 saturated heterocycles. The van der Waals surface area contributed by atoms with Crippen molar-refractivity contribution in [3.63, 3.8) is 0 Å². The first-order valence-corrected chi connectivity index (χ1v) is 9.06. The summed E-state index contributed by atoms with van der Waals surface area (Å²) in [4.78, 5) is 27.2. The lowest BCUT2D eigenvalue weighted by atomic mass is 10.1. The average molecular weight is 389 g/mol. The molecule has 0 saturated carbocycles. The summed E-state index contributed by atoms with van der Waals surface area (Å²) in [5.41, 5.74) is 2.07. The largest absolute Gasteiger partial charge is 0.369 e. The minimum Gasteiger partial charge on any atom is -0.369 e. The summed E-state index contributed by atoms with van der Waals surface area (Å²) < 4.78 is 0. The zero-order chi connectivity index (χ0) is 19.4. The molecule has 1 aliphatic rings. The molecule has 2 aromatic rings. The molecule has 7 nitrogen and oxygen atoms in total. The molecule has 1 N–H and O–H groups in total. The average Bonchev–Trinajstić information content (AvgIpc) is 2.67. The third-order valence-electron chi connectivity index (χ3n) is 4.66. The second-order valence-corrected chi connectivity index (χ2v) is 6.97. The zero-order valence-electron chi connectivity index (χ0n) is 15.0. The Balaban J connectivity index is 1.59. The molecule has 1 aliphatic heterocycles. The van der Waals surface area contributed by atoms with E-state index >= 15 is 0 Å². The molecule has 0 aromatic heterocycles. The number of anilines is 1. The molecule has 1 amide bonds. The van der Waals surface area contributed by atoms with Crippen molar-refractivity contribution in [2.45, 2.75) is 6.54 Å². The van der Waals surface area contributed by atoms with Crippen molar-refractivity contribution in [3.05, 3.63) is 68.7 Å². The van der Waals surface area contributed by atoms with E-state index in [0.717, 1.165) is 31.7 Å². The summed E-state index contributed by atoms with van der Waals surface area (Å²) in [6.07, 6.45) is 0. The van der Waals surface area contributed by atoms with Crippen molar-refractivity contribution in [1.82, 2.24) is 10.2 Å². The molecule has 8 heteroatoms. The van der Waals surface area contributed by atoms with Gasteiger partial charge in [-0.25, -0.2) is 0 Å². The van der Waals surface area contributed by atoms with Crippen LogP contribution in [0.3, 0.4) is 0 Å². The monoisotopic (exact) mass is 388 g/mol.